The molecule has 0 amide bonds. The zero-order valence-electron chi connectivity index (χ0n) is 15.3. The molecule has 1 aliphatic rings. The minimum atomic E-state index is 0.247. The van der Waals surface area contributed by atoms with Crippen molar-refractivity contribution in [3.8, 4) is 11.5 Å². The van der Waals surface area contributed by atoms with Gasteiger partial charge >= 0.3 is 0 Å². The first-order valence-corrected chi connectivity index (χ1v) is 9.59. The zero-order valence-corrected chi connectivity index (χ0v) is 16.9. The molecule has 1 atom stereocenters. The van der Waals surface area contributed by atoms with Crippen molar-refractivity contribution in [1.29, 1.82) is 0 Å². The number of halogens is 1. The average molecular weight is 429 g/mol. The Bertz CT molecular complexity index is 949. The van der Waals surface area contributed by atoms with Crippen LogP contribution in [-0.2, 0) is 0 Å². The number of benzene rings is 2. The van der Waals surface area contributed by atoms with E-state index < -0.39 is 0 Å². The number of hydrogen-bond acceptors (Lipinski definition) is 6. The van der Waals surface area contributed by atoms with Crippen LogP contribution in [0.15, 0.2) is 47.2 Å². The summed E-state index contributed by atoms with van der Waals surface area (Å²) in [6, 6.07) is 12.6. The second-order valence-electron chi connectivity index (χ2n) is 6.43. The Morgan fingerprint density at radius 1 is 1.07 bits per heavy atom. The maximum absolute atomic E-state index is 5.47. The first-order valence-electron chi connectivity index (χ1n) is 8.80. The molecule has 0 radical (unpaired) electrons. The summed E-state index contributed by atoms with van der Waals surface area (Å²) in [5.74, 6) is 2.27. The van der Waals surface area contributed by atoms with E-state index in [1.807, 2.05) is 12.1 Å². The van der Waals surface area contributed by atoms with Crippen LogP contribution >= 0.6 is 15.9 Å². The van der Waals surface area contributed by atoms with Crippen LogP contribution in [-0.4, -0.2) is 43.8 Å². The number of methoxy groups -OCH3 is 2. The van der Waals surface area contributed by atoms with Gasteiger partial charge in [0.2, 0.25) is 0 Å². The molecule has 2 heterocycles. The summed E-state index contributed by atoms with van der Waals surface area (Å²) >= 11 is 3.50. The molecular weight excluding hydrogens is 408 g/mol. The molecule has 1 unspecified atom stereocenters. The lowest BCUT2D eigenvalue weighted by Gasteiger charge is -2.35. The first kappa shape index (κ1) is 18.0. The summed E-state index contributed by atoms with van der Waals surface area (Å²) in [5, 5.41) is 4.56. The predicted octanol–water partition coefficient (Wildman–Crippen LogP) is 3.56. The molecule has 0 saturated carbocycles. The van der Waals surface area contributed by atoms with Crippen molar-refractivity contribution in [2.75, 3.05) is 38.8 Å². The van der Waals surface area contributed by atoms with Gasteiger partial charge in [0.25, 0.3) is 0 Å². The number of nitrogens with zero attached hydrogens (tertiary/aromatic N) is 3. The van der Waals surface area contributed by atoms with E-state index in [2.05, 4.69) is 60.4 Å². The van der Waals surface area contributed by atoms with Crippen LogP contribution in [0.25, 0.3) is 10.9 Å². The Balaban J connectivity index is 1.69. The van der Waals surface area contributed by atoms with Crippen LogP contribution in [0.2, 0.25) is 0 Å². The first-order chi connectivity index (χ1) is 13.2. The highest BCUT2D eigenvalue weighted by Crippen LogP contribution is 2.35. The molecule has 4 rings (SSSR count). The fourth-order valence-corrected chi connectivity index (χ4v) is 3.75. The van der Waals surface area contributed by atoms with E-state index in [1.54, 1.807) is 20.5 Å². The van der Waals surface area contributed by atoms with E-state index in [9.17, 15) is 0 Å². The van der Waals surface area contributed by atoms with Crippen molar-refractivity contribution in [3.63, 3.8) is 0 Å². The van der Waals surface area contributed by atoms with Crippen molar-refractivity contribution in [3.05, 3.63) is 52.8 Å². The molecule has 1 N–H and O–H groups in total. The molecule has 0 spiro atoms. The molecular formula is C20H21BrN4O2. The van der Waals surface area contributed by atoms with Crippen molar-refractivity contribution in [2.24, 2.45) is 0 Å². The highest BCUT2D eigenvalue weighted by molar-refractivity contribution is 9.10. The molecule has 3 aromatic rings. The van der Waals surface area contributed by atoms with E-state index in [0.717, 1.165) is 40.8 Å². The molecule has 1 saturated heterocycles. The van der Waals surface area contributed by atoms with Gasteiger partial charge in [-0.15, -0.1) is 0 Å². The molecule has 140 valence electrons. The van der Waals surface area contributed by atoms with Gasteiger partial charge in [-0.05, 0) is 23.8 Å². The van der Waals surface area contributed by atoms with E-state index in [-0.39, 0.29) is 6.04 Å². The summed E-state index contributed by atoms with van der Waals surface area (Å²) < 4.78 is 12.0. The molecule has 1 fully saturated rings. The van der Waals surface area contributed by atoms with E-state index >= 15 is 0 Å². The average Bonchev–Trinajstić information content (AvgIpc) is 2.72. The second-order valence-corrected chi connectivity index (χ2v) is 7.34. The highest BCUT2D eigenvalue weighted by Gasteiger charge is 2.24. The highest BCUT2D eigenvalue weighted by atomic mass is 79.9. The Morgan fingerprint density at radius 3 is 2.56 bits per heavy atom. The van der Waals surface area contributed by atoms with Crippen LogP contribution in [0.4, 0.5) is 5.82 Å². The third-order valence-electron chi connectivity index (χ3n) is 4.87. The van der Waals surface area contributed by atoms with Gasteiger partial charge < -0.3 is 19.7 Å². The maximum Gasteiger partial charge on any atom is 0.162 e. The Labute approximate surface area is 166 Å². The minimum Gasteiger partial charge on any atom is -0.493 e. The smallest absolute Gasteiger partial charge is 0.162 e. The maximum atomic E-state index is 5.47. The topological polar surface area (TPSA) is 59.5 Å². The molecule has 1 aliphatic heterocycles. The number of nitrogens with one attached hydrogen (secondary N) is 1. The van der Waals surface area contributed by atoms with Crippen LogP contribution in [0, 0.1) is 0 Å². The van der Waals surface area contributed by atoms with E-state index in [4.69, 9.17) is 9.47 Å². The molecule has 2 aromatic carbocycles. The number of aromatic nitrogens is 2. The van der Waals surface area contributed by atoms with Crippen LogP contribution in [0.3, 0.4) is 0 Å². The van der Waals surface area contributed by atoms with Crippen LogP contribution in [0.1, 0.15) is 11.6 Å². The van der Waals surface area contributed by atoms with Gasteiger partial charge in [0.05, 0.1) is 19.7 Å². The predicted molar refractivity (Wildman–Crippen MR) is 110 cm³/mol. The number of piperazine rings is 1. The van der Waals surface area contributed by atoms with Crippen LogP contribution < -0.4 is 19.7 Å². The van der Waals surface area contributed by atoms with Crippen molar-refractivity contribution in [1.82, 2.24) is 15.3 Å². The number of rotatable bonds is 4. The monoisotopic (exact) mass is 428 g/mol. The summed E-state index contributed by atoms with van der Waals surface area (Å²) in [5.41, 5.74) is 2.11. The Hall–Kier alpha value is -2.38. The lowest BCUT2D eigenvalue weighted by Crippen LogP contribution is -2.46. The molecule has 0 bridgehead atoms. The summed E-state index contributed by atoms with van der Waals surface area (Å²) in [6.45, 7) is 2.61. The SMILES string of the molecule is COc1cc2ncnc(N3CCNC(c4ccc(Br)cc4)C3)c2cc1OC. The fourth-order valence-electron chi connectivity index (χ4n) is 3.48. The van der Waals surface area contributed by atoms with E-state index in [1.165, 1.54) is 5.56 Å². The largest absolute Gasteiger partial charge is 0.493 e. The molecule has 0 aliphatic carbocycles. The Morgan fingerprint density at radius 2 is 1.81 bits per heavy atom. The lowest BCUT2D eigenvalue weighted by molar-refractivity contribution is 0.355. The number of ether oxygens (including phenoxy) is 2. The number of hydrogen-bond donors (Lipinski definition) is 1. The quantitative estimate of drug-likeness (QED) is 0.685. The van der Waals surface area contributed by atoms with Crippen LogP contribution in [0.5, 0.6) is 11.5 Å². The normalized spacial score (nSPS) is 17.1. The van der Waals surface area contributed by atoms with Gasteiger partial charge in [-0.2, -0.15) is 0 Å². The zero-order chi connectivity index (χ0) is 18.8. The summed E-state index contributed by atoms with van der Waals surface area (Å²) in [4.78, 5) is 11.3. The van der Waals surface area contributed by atoms with Crippen molar-refractivity contribution < 1.29 is 9.47 Å². The molecule has 1 aromatic heterocycles. The van der Waals surface area contributed by atoms with Crippen molar-refractivity contribution in [2.45, 2.75) is 6.04 Å². The molecule has 7 heteroatoms. The molecule has 27 heavy (non-hydrogen) atoms. The van der Waals surface area contributed by atoms with E-state index in [0.29, 0.717) is 11.5 Å². The summed E-state index contributed by atoms with van der Waals surface area (Å²) in [6.07, 6.45) is 1.61. The van der Waals surface area contributed by atoms with Gasteiger partial charge in [-0.1, -0.05) is 28.1 Å². The lowest BCUT2D eigenvalue weighted by atomic mass is 10.0. The third-order valence-corrected chi connectivity index (χ3v) is 5.40. The standard InChI is InChI=1S/C20H21BrN4O2/c1-26-18-9-15-16(10-19(18)27-2)23-12-24-20(15)25-8-7-22-17(11-25)13-3-5-14(21)6-4-13/h3-6,9-10,12,17,22H,7-8,11H2,1-2H3. The van der Waals surface area contributed by atoms with Gasteiger partial charge in [0.1, 0.15) is 12.1 Å². The molecule has 6 nitrogen and oxygen atoms in total. The van der Waals surface area contributed by atoms with Gasteiger partial charge in [0, 0.05) is 41.6 Å². The minimum absolute atomic E-state index is 0.247. The number of fused-ring (bicyclic) bond motifs is 1. The third kappa shape index (κ3) is 3.57. The van der Waals surface area contributed by atoms with Gasteiger partial charge in [0.15, 0.2) is 11.5 Å². The van der Waals surface area contributed by atoms with Gasteiger partial charge in [-0.25, -0.2) is 9.97 Å². The van der Waals surface area contributed by atoms with Crippen molar-refractivity contribution >= 4 is 32.7 Å². The summed E-state index contributed by atoms with van der Waals surface area (Å²) in [7, 11) is 3.27. The van der Waals surface area contributed by atoms with Gasteiger partial charge in [-0.3, -0.25) is 0 Å². The fraction of sp³-hybridized carbons (Fsp3) is 0.300. The second kappa shape index (κ2) is 7.70. The Kier molecular flexibility index (Phi) is 5.13. The number of anilines is 1.